The van der Waals surface area contributed by atoms with Gasteiger partial charge in [0.05, 0.1) is 17.0 Å². The van der Waals surface area contributed by atoms with Crippen LogP contribution < -0.4 is 10.6 Å². The van der Waals surface area contributed by atoms with Gasteiger partial charge in [-0.25, -0.2) is 18.4 Å². The number of benzene rings is 2. The molecule has 0 bridgehead atoms. The summed E-state index contributed by atoms with van der Waals surface area (Å²) in [6, 6.07) is 17.7. The second-order valence-electron chi connectivity index (χ2n) is 8.73. The molecule has 2 aromatic carbocycles. The third kappa shape index (κ3) is 8.24. The number of anilines is 1. The molecule has 9 nitrogen and oxygen atoms in total. The molecule has 0 atom stereocenters. The summed E-state index contributed by atoms with van der Waals surface area (Å²) in [7, 11) is 0.795. The lowest BCUT2D eigenvalue weighted by atomic mass is 10.1. The third-order valence-electron chi connectivity index (χ3n) is 5.26. The largest absolute Gasteiger partial charge is 0.351 e. The SMILES string of the molecule is CN(C)CCCc1cc(C(=O)Nc2ccccc2C(=O)NCCS(C)(=O)=O)nc(-c2ccccc2)n1. The number of aromatic nitrogens is 2. The van der Waals surface area contributed by atoms with Gasteiger partial charge in [-0.2, -0.15) is 0 Å². The molecule has 0 saturated carbocycles. The topological polar surface area (TPSA) is 121 Å². The number of rotatable bonds is 11. The summed E-state index contributed by atoms with van der Waals surface area (Å²) < 4.78 is 22.7. The minimum atomic E-state index is -3.21. The summed E-state index contributed by atoms with van der Waals surface area (Å²) in [5.41, 5.74) is 2.27. The number of nitrogens with zero attached hydrogens (tertiary/aromatic N) is 3. The van der Waals surface area contributed by atoms with Crippen LogP contribution in [0.15, 0.2) is 60.7 Å². The number of sulfone groups is 1. The first-order chi connectivity index (χ1) is 17.1. The third-order valence-corrected chi connectivity index (χ3v) is 6.21. The van der Waals surface area contributed by atoms with E-state index in [1.165, 1.54) is 0 Å². The van der Waals surface area contributed by atoms with Crippen LogP contribution in [0, 0.1) is 0 Å². The van der Waals surface area contributed by atoms with Crippen molar-refractivity contribution in [2.24, 2.45) is 0 Å². The number of nitrogens with one attached hydrogen (secondary N) is 2. The van der Waals surface area contributed by atoms with Crippen LogP contribution in [0.2, 0.25) is 0 Å². The molecule has 190 valence electrons. The first-order valence-corrected chi connectivity index (χ1v) is 13.6. The summed E-state index contributed by atoms with van der Waals surface area (Å²) in [4.78, 5) is 37.1. The van der Waals surface area contributed by atoms with Crippen molar-refractivity contribution in [1.29, 1.82) is 0 Å². The molecule has 2 amide bonds. The maximum Gasteiger partial charge on any atom is 0.274 e. The molecule has 3 aromatic rings. The van der Waals surface area contributed by atoms with Crippen LogP contribution in [0.5, 0.6) is 0 Å². The van der Waals surface area contributed by atoms with Crippen LogP contribution in [0.1, 0.15) is 33.0 Å². The van der Waals surface area contributed by atoms with Gasteiger partial charge in [0, 0.05) is 24.1 Å². The molecule has 1 heterocycles. The molecule has 0 aliphatic carbocycles. The zero-order chi connectivity index (χ0) is 26.1. The molecule has 10 heteroatoms. The van der Waals surface area contributed by atoms with E-state index < -0.39 is 21.7 Å². The molecular formula is C26H31N5O4S. The maximum absolute atomic E-state index is 13.2. The van der Waals surface area contributed by atoms with E-state index in [9.17, 15) is 18.0 Å². The Morgan fingerprint density at radius 2 is 1.64 bits per heavy atom. The summed E-state index contributed by atoms with van der Waals surface area (Å²) >= 11 is 0. The maximum atomic E-state index is 13.2. The zero-order valence-corrected chi connectivity index (χ0v) is 21.5. The molecular weight excluding hydrogens is 478 g/mol. The van der Waals surface area contributed by atoms with Gasteiger partial charge in [0.1, 0.15) is 15.5 Å². The number of aryl methyl sites for hydroxylation is 1. The van der Waals surface area contributed by atoms with Crippen molar-refractivity contribution in [1.82, 2.24) is 20.2 Å². The Labute approximate surface area is 211 Å². The number of hydrogen-bond acceptors (Lipinski definition) is 7. The molecule has 2 N–H and O–H groups in total. The van der Waals surface area contributed by atoms with Crippen molar-refractivity contribution >= 4 is 27.3 Å². The summed E-state index contributed by atoms with van der Waals surface area (Å²) in [5, 5.41) is 5.36. The van der Waals surface area contributed by atoms with Gasteiger partial charge in [-0.15, -0.1) is 0 Å². The molecule has 0 fully saturated rings. The predicted molar refractivity (Wildman–Crippen MR) is 141 cm³/mol. The highest BCUT2D eigenvalue weighted by Crippen LogP contribution is 2.19. The number of hydrogen-bond donors (Lipinski definition) is 2. The Balaban J connectivity index is 1.84. The monoisotopic (exact) mass is 509 g/mol. The molecule has 0 saturated heterocycles. The highest BCUT2D eigenvalue weighted by atomic mass is 32.2. The van der Waals surface area contributed by atoms with Gasteiger partial charge >= 0.3 is 0 Å². The quantitative estimate of drug-likeness (QED) is 0.408. The van der Waals surface area contributed by atoms with Gasteiger partial charge in [-0.1, -0.05) is 42.5 Å². The van der Waals surface area contributed by atoms with E-state index >= 15 is 0 Å². The van der Waals surface area contributed by atoms with Crippen LogP contribution >= 0.6 is 0 Å². The van der Waals surface area contributed by atoms with Crippen molar-refractivity contribution in [3.8, 4) is 11.4 Å². The molecule has 36 heavy (non-hydrogen) atoms. The number of carbonyl (C=O) groups excluding carboxylic acids is 2. The molecule has 0 unspecified atom stereocenters. The summed E-state index contributed by atoms with van der Waals surface area (Å²) in [6.07, 6.45) is 2.66. The number of amides is 2. The molecule has 0 aliphatic rings. The Kier molecular flexibility index (Phi) is 9.26. The van der Waals surface area contributed by atoms with E-state index in [2.05, 4.69) is 25.5 Å². The van der Waals surface area contributed by atoms with Crippen molar-refractivity contribution in [2.45, 2.75) is 12.8 Å². The van der Waals surface area contributed by atoms with E-state index in [-0.39, 0.29) is 23.6 Å². The smallest absolute Gasteiger partial charge is 0.274 e. The lowest BCUT2D eigenvalue weighted by Gasteiger charge is -2.13. The fourth-order valence-electron chi connectivity index (χ4n) is 3.46. The van der Waals surface area contributed by atoms with E-state index in [1.54, 1.807) is 30.3 Å². The van der Waals surface area contributed by atoms with E-state index in [1.807, 2.05) is 44.4 Å². The van der Waals surface area contributed by atoms with Crippen LogP contribution in [-0.2, 0) is 16.3 Å². The Morgan fingerprint density at radius 1 is 0.944 bits per heavy atom. The van der Waals surface area contributed by atoms with E-state index in [0.717, 1.165) is 30.5 Å². The highest BCUT2D eigenvalue weighted by molar-refractivity contribution is 7.90. The molecule has 0 aliphatic heterocycles. The fraction of sp³-hybridized carbons (Fsp3) is 0.308. The van der Waals surface area contributed by atoms with Gasteiger partial charge in [0.15, 0.2) is 5.82 Å². The van der Waals surface area contributed by atoms with Crippen LogP contribution in [0.3, 0.4) is 0 Å². The van der Waals surface area contributed by atoms with Crippen molar-refractivity contribution in [3.05, 3.63) is 77.6 Å². The normalized spacial score (nSPS) is 11.3. The Hall–Kier alpha value is -3.63. The minimum Gasteiger partial charge on any atom is -0.351 e. The van der Waals surface area contributed by atoms with Gasteiger partial charge in [-0.3, -0.25) is 9.59 Å². The average molecular weight is 510 g/mol. The van der Waals surface area contributed by atoms with Crippen LogP contribution in [-0.4, -0.2) is 74.3 Å². The van der Waals surface area contributed by atoms with Gasteiger partial charge in [-0.05, 0) is 51.7 Å². The zero-order valence-electron chi connectivity index (χ0n) is 20.7. The Bertz CT molecular complexity index is 1310. The highest BCUT2D eigenvalue weighted by Gasteiger charge is 2.17. The first-order valence-electron chi connectivity index (χ1n) is 11.6. The molecule has 1 aromatic heterocycles. The van der Waals surface area contributed by atoms with Crippen LogP contribution in [0.25, 0.3) is 11.4 Å². The van der Waals surface area contributed by atoms with Gasteiger partial charge < -0.3 is 15.5 Å². The van der Waals surface area contributed by atoms with Gasteiger partial charge in [0.2, 0.25) is 0 Å². The lowest BCUT2D eigenvalue weighted by molar-refractivity contribution is 0.0957. The Morgan fingerprint density at radius 3 is 2.33 bits per heavy atom. The standard InChI is InChI=1S/C26H31N5O4S/c1-31(2)16-9-12-20-18-23(29-24(28-20)19-10-5-4-6-11-19)26(33)30-22-14-8-7-13-21(22)25(32)27-15-17-36(3,34)35/h4-8,10-11,13-14,18H,9,12,15-17H2,1-3H3,(H,27,32)(H,30,33). The predicted octanol–water partition coefficient (Wildman–Crippen LogP) is 2.66. The van der Waals surface area contributed by atoms with E-state index in [4.69, 9.17) is 0 Å². The molecule has 3 rings (SSSR count). The lowest BCUT2D eigenvalue weighted by Crippen LogP contribution is -2.29. The van der Waals surface area contributed by atoms with Crippen molar-refractivity contribution < 1.29 is 18.0 Å². The van der Waals surface area contributed by atoms with E-state index in [0.29, 0.717) is 17.9 Å². The second kappa shape index (κ2) is 12.4. The van der Waals surface area contributed by atoms with Crippen LogP contribution in [0.4, 0.5) is 5.69 Å². The average Bonchev–Trinajstić information content (AvgIpc) is 2.83. The first kappa shape index (κ1) is 27.0. The number of para-hydroxylation sites is 1. The molecule has 0 radical (unpaired) electrons. The number of carbonyl (C=O) groups is 2. The fourth-order valence-corrected chi connectivity index (χ4v) is 3.93. The molecule has 0 spiro atoms. The van der Waals surface area contributed by atoms with Crippen molar-refractivity contribution in [3.63, 3.8) is 0 Å². The summed E-state index contributed by atoms with van der Waals surface area (Å²) in [5.74, 6) is -0.672. The summed E-state index contributed by atoms with van der Waals surface area (Å²) in [6.45, 7) is 0.858. The van der Waals surface area contributed by atoms with Crippen molar-refractivity contribution in [2.75, 3.05) is 44.5 Å². The van der Waals surface area contributed by atoms with Gasteiger partial charge in [0.25, 0.3) is 11.8 Å². The second-order valence-corrected chi connectivity index (χ2v) is 11.0. The minimum absolute atomic E-state index is 0.0252.